The first kappa shape index (κ1) is 10.4. The van der Waals surface area contributed by atoms with E-state index in [1.54, 1.807) is 0 Å². The van der Waals surface area contributed by atoms with Crippen LogP contribution in [0.15, 0.2) is 0 Å². The molecule has 1 aliphatic heterocycles. The van der Waals surface area contributed by atoms with Gasteiger partial charge in [-0.2, -0.15) is 0 Å². The number of hydrogen-bond donors (Lipinski definition) is 3. The van der Waals surface area contributed by atoms with Crippen molar-refractivity contribution < 1.29 is 15.3 Å². The van der Waals surface area contributed by atoms with Gasteiger partial charge in [-0.25, -0.2) is 0 Å². The highest BCUT2D eigenvalue weighted by atomic mass is 16.3. The molecule has 0 aromatic carbocycles. The second-order valence-electron chi connectivity index (χ2n) is 4.53. The number of rotatable bonds is 3. The van der Waals surface area contributed by atoms with E-state index in [1.807, 2.05) is 0 Å². The molecular weight excluding hydrogens is 182 g/mol. The van der Waals surface area contributed by atoms with Gasteiger partial charge in [-0.05, 0) is 25.2 Å². The predicted molar refractivity (Wildman–Crippen MR) is 51.8 cm³/mol. The van der Waals surface area contributed by atoms with Crippen LogP contribution in [0.3, 0.4) is 0 Å². The molecular formula is C10H19NO3. The van der Waals surface area contributed by atoms with Crippen LogP contribution in [0, 0.1) is 5.92 Å². The van der Waals surface area contributed by atoms with Gasteiger partial charge in [0.25, 0.3) is 0 Å². The number of aliphatic hydroxyl groups excluding tert-OH is 3. The number of hydrogen-bond acceptors (Lipinski definition) is 4. The highest BCUT2D eigenvalue weighted by molar-refractivity contribution is 4.91. The Morgan fingerprint density at radius 3 is 2.43 bits per heavy atom. The van der Waals surface area contributed by atoms with E-state index in [-0.39, 0.29) is 12.6 Å². The Kier molecular flexibility index (Phi) is 3.07. The first-order chi connectivity index (χ1) is 6.72. The molecule has 1 aliphatic carbocycles. The van der Waals surface area contributed by atoms with Crippen molar-refractivity contribution in [3.63, 3.8) is 0 Å². The Hall–Kier alpha value is -0.160. The molecule has 4 heteroatoms. The standard InChI is InChI=1S/C10H19NO3/c12-6-8-10(14)9(13)3-4-11(8)5-7-1-2-7/h7-10,12-14H,1-6H2/t8-,9-,10-/m1/s1. The molecule has 1 saturated heterocycles. The lowest BCUT2D eigenvalue weighted by Gasteiger charge is -2.40. The summed E-state index contributed by atoms with van der Waals surface area (Å²) >= 11 is 0. The molecule has 3 N–H and O–H groups in total. The Labute approximate surface area is 84.2 Å². The molecule has 2 aliphatic rings. The second kappa shape index (κ2) is 4.14. The molecule has 4 nitrogen and oxygen atoms in total. The van der Waals surface area contributed by atoms with Gasteiger partial charge in [0.05, 0.1) is 24.9 Å². The van der Waals surface area contributed by atoms with E-state index in [9.17, 15) is 15.3 Å². The minimum absolute atomic E-state index is 0.0645. The number of nitrogens with zero attached hydrogens (tertiary/aromatic N) is 1. The largest absolute Gasteiger partial charge is 0.395 e. The lowest BCUT2D eigenvalue weighted by Crippen LogP contribution is -2.56. The highest BCUT2D eigenvalue weighted by Crippen LogP contribution is 2.31. The fraction of sp³-hybridized carbons (Fsp3) is 1.00. The van der Waals surface area contributed by atoms with E-state index < -0.39 is 12.2 Å². The molecule has 1 heterocycles. The Morgan fingerprint density at radius 2 is 1.86 bits per heavy atom. The summed E-state index contributed by atoms with van der Waals surface area (Å²) in [6.07, 6.45) is 1.71. The van der Waals surface area contributed by atoms with E-state index in [0.717, 1.165) is 19.0 Å². The molecule has 0 amide bonds. The molecule has 0 bridgehead atoms. The smallest absolute Gasteiger partial charge is 0.0976 e. The van der Waals surface area contributed by atoms with Crippen LogP contribution in [0.4, 0.5) is 0 Å². The molecule has 2 rings (SSSR count). The van der Waals surface area contributed by atoms with Crippen LogP contribution in [0.5, 0.6) is 0 Å². The van der Waals surface area contributed by atoms with E-state index >= 15 is 0 Å². The molecule has 0 aromatic rings. The Morgan fingerprint density at radius 1 is 1.14 bits per heavy atom. The SMILES string of the molecule is OC[C@@H]1[C@@H](O)[C@H](O)CCN1CC1CC1. The molecule has 0 spiro atoms. The second-order valence-corrected chi connectivity index (χ2v) is 4.53. The number of likely N-dealkylation sites (tertiary alicyclic amines) is 1. The van der Waals surface area contributed by atoms with Gasteiger partial charge in [0.15, 0.2) is 0 Å². The zero-order valence-corrected chi connectivity index (χ0v) is 8.34. The van der Waals surface area contributed by atoms with Crippen molar-refractivity contribution >= 4 is 0 Å². The Balaban J connectivity index is 1.93. The third kappa shape index (κ3) is 2.08. The van der Waals surface area contributed by atoms with Gasteiger partial charge in [0.1, 0.15) is 0 Å². The van der Waals surface area contributed by atoms with Gasteiger partial charge in [-0.1, -0.05) is 0 Å². The molecule has 3 atom stereocenters. The number of piperidine rings is 1. The average Bonchev–Trinajstić information content (AvgIpc) is 2.96. The van der Waals surface area contributed by atoms with Crippen molar-refractivity contribution in [1.29, 1.82) is 0 Å². The first-order valence-corrected chi connectivity index (χ1v) is 5.43. The van der Waals surface area contributed by atoms with Crippen LogP contribution in [-0.2, 0) is 0 Å². The van der Waals surface area contributed by atoms with Gasteiger partial charge in [0, 0.05) is 13.1 Å². The summed E-state index contributed by atoms with van der Waals surface area (Å²) < 4.78 is 0. The molecule has 0 aromatic heterocycles. The molecule has 1 saturated carbocycles. The predicted octanol–water partition coefficient (Wildman–Crippen LogP) is -0.815. The van der Waals surface area contributed by atoms with Crippen LogP contribution >= 0.6 is 0 Å². The minimum Gasteiger partial charge on any atom is -0.395 e. The maximum Gasteiger partial charge on any atom is 0.0976 e. The molecule has 14 heavy (non-hydrogen) atoms. The van der Waals surface area contributed by atoms with Crippen molar-refractivity contribution in [2.24, 2.45) is 5.92 Å². The quantitative estimate of drug-likeness (QED) is 0.558. The van der Waals surface area contributed by atoms with Gasteiger partial charge in [-0.15, -0.1) is 0 Å². The zero-order chi connectivity index (χ0) is 10.1. The molecule has 0 unspecified atom stereocenters. The van der Waals surface area contributed by atoms with Gasteiger partial charge < -0.3 is 15.3 Å². The fourth-order valence-electron chi connectivity index (χ4n) is 2.19. The third-order valence-electron chi connectivity index (χ3n) is 3.35. The van der Waals surface area contributed by atoms with Crippen molar-refractivity contribution in [2.75, 3.05) is 19.7 Å². The fourth-order valence-corrected chi connectivity index (χ4v) is 2.19. The minimum atomic E-state index is -0.785. The van der Waals surface area contributed by atoms with Crippen molar-refractivity contribution in [3.8, 4) is 0 Å². The summed E-state index contributed by atoms with van der Waals surface area (Å²) in [5.74, 6) is 0.756. The van der Waals surface area contributed by atoms with Crippen LogP contribution < -0.4 is 0 Å². The maximum atomic E-state index is 9.69. The van der Waals surface area contributed by atoms with Crippen molar-refractivity contribution in [2.45, 2.75) is 37.5 Å². The third-order valence-corrected chi connectivity index (χ3v) is 3.35. The topological polar surface area (TPSA) is 63.9 Å². The molecule has 82 valence electrons. The normalized spacial score (nSPS) is 40.1. The van der Waals surface area contributed by atoms with Crippen molar-refractivity contribution in [1.82, 2.24) is 4.90 Å². The first-order valence-electron chi connectivity index (χ1n) is 5.43. The van der Waals surface area contributed by atoms with Gasteiger partial charge in [0.2, 0.25) is 0 Å². The van der Waals surface area contributed by atoms with Crippen LogP contribution in [0.1, 0.15) is 19.3 Å². The van der Waals surface area contributed by atoms with E-state index in [1.165, 1.54) is 12.8 Å². The molecule has 2 fully saturated rings. The lowest BCUT2D eigenvalue weighted by atomic mass is 9.96. The van der Waals surface area contributed by atoms with Gasteiger partial charge >= 0.3 is 0 Å². The summed E-state index contributed by atoms with van der Waals surface area (Å²) in [5.41, 5.74) is 0. The lowest BCUT2D eigenvalue weighted by molar-refractivity contribution is -0.0904. The van der Waals surface area contributed by atoms with Gasteiger partial charge in [-0.3, -0.25) is 4.90 Å². The van der Waals surface area contributed by atoms with Crippen LogP contribution in [0.2, 0.25) is 0 Å². The summed E-state index contributed by atoms with van der Waals surface area (Å²) in [6.45, 7) is 1.69. The summed E-state index contributed by atoms with van der Waals surface area (Å²) in [4.78, 5) is 2.12. The maximum absolute atomic E-state index is 9.69. The summed E-state index contributed by atoms with van der Waals surface area (Å²) in [5, 5.41) is 28.3. The summed E-state index contributed by atoms with van der Waals surface area (Å²) in [7, 11) is 0. The number of aliphatic hydroxyl groups is 3. The van der Waals surface area contributed by atoms with Crippen molar-refractivity contribution in [3.05, 3.63) is 0 Å². The Bertz CT molecular complexity index is 196. The van der Waals surface area contributed by atoms with E-state index in [4.69, 9.17) is 0 Å². The van der Waals surface area contributed by atoms with Crippen LogP contribution in [-0.4, -0.2) is 58.2 Å². The molecule has 0 radical (unpaired) electrons. The monoisotopic (exact) mass is 201 g/mol. The zero-order valence-electron chi connectivity index (χ0n) is 8.34. The highest BCUT2D eigenvalue weighted by Gasteiger charge is 2.37. The average molecular weight is 201 g/mol. The van der Waals surface area contributed by atoms with E-state index in [0.29, 0.717) is 6.42 Å². The van der Waals surface area contributed by atoms with E-state index in [2.05, 4.69) is 4.90 Å². The van der Waals surface area contributed by atoms with Crippen LogP contribution in [0.25, 0.3) is 0 Å². The summed E-state index contributed by atoms with van der Waals surface area (Å²) in [6, 6.07) is -0.264.